The summed E-state index contributed by atoms with van der Waals surface area (Å²) in [6.45, 7) is 0.122. The van der Waals surface area contributed by atoms with E-state index in [1.807, 2.05) is 60.7 Å². The average Bonchev–Trinajstić information content (AvgIpc) is 3.63. The van der Waals surface area contributed by atoms with Gasteiger partial charge in [-0.3, -0.25) is 9.59 Å². The van der Waals surface area contributed by atoms with E-state index in [0.717, 1.165) is 36.8 Å². The van der Waals surface area contributed by atoms with Gasteiger partial charge in [0.25, 0.3) is 0 Å². The molecule has 0 bridgehead atoms. The first-order valence-electron chi connectivity index (χ1n) is 11.6. The second-order valence-electron chi connectivity index (χ2n) is 8.64. The molecule has 0 spiro atoms. The van der Waals surface area contributed by atoms with Crippen molar-refractivity contribution in [3.05, 3.63) is 84.3 Å². The second-order valence-corrected chi connectivity index (χ2v) is 8.64. The van der Waals surface area contributed by atoms with E-state index in [2.05, 4.69) is 15.6 Å². The van der Waals surface area contributed by atoms with Gasteiger partial charge in [0.15, 0.2) is 0 Å². The lowest BCUT2D eigenvalue weighted by Crippen LogP contribution is -2.46. The van der Waals surface area contributed by atoms with Crippen molar-refractivity contribution >= 4 is 22.8 Å². The Balaban J connectivity index is 1.49. The summed E-state index contributed by atoms with van der Waals surface area (Å²) in [5.41, 5.74) is 2.23. The minimum absolute atomic E-state index is 0.0404. The van der Waals surface area contributed by atoms with E-state index >= 15 is 0 Å². The van der Waals surface area contributed by atoms with Gasteiger partial charge in [0.05, 0.1) is 18.3 Å². The summed E-state index contributed by atoms with van der Waals surface area (Å²) < 4.78 is 7.13. The third kappa shape index (κ3) is 4.71. The Bertz CT molecular complexity index is 1250. The maximum atomic E-state index is 13.8. The van der Waals surface area contributed by atoms with E-state index in [-0.39, 0.29) is 30.9 Å². The molecule has 8 heteroatoms. The molecule has 1 atom stereocenters. The molecule has 0 radical (unpaired) electrons. The molecule has 1 fully saturated rings. The third-order valence-electron chi connectivity index (χ3n) is 6.31. The maximum absolute atomic E-state index is 13.8. The van der Waals surface area contributed by atoms with Crippen molar-refractivity contribution in [2.75, 3.05) is 0 Å². The van der Waals surface area contributed by atoms with Gasteiger partial charge in [-0.2, -0.15) is 0 Å². The Morgan fingerprint density at radius 1 is 1.03 bits per heavy atom. The lowest BCUT2D eigenvalue weighted by atomic mass is 10.0. The molecule has 2 aromatic heterocycles. The monoisotopic (exact) mass is 457 g/mol. The van der Waals surface area contributed by atoms with Crippen LogP contribution >= 0.6 is 0 Å². The normalized spacial score (nSPS) is 14.8. The topological polar surface area (TPSA) is 93.3 Å². The summed E-state index contributed by atoms with van der Waals surface area (Å²) in [7, 11) is 0. The Hall–Kier alpha value is -3.94. The molecule has 4 aromatic rings. The van der Waals surface area contributed by atoms with Gasteiger partial charge in [-0.25, -0.2) is 4.68 Å². The highest BCUT2D eigenvalue weighted by molar-refractivity contribution is 5.89. The molecule has 0 unspecified atom stereocenters. The summed E-state index contributed by atoms with van der Waals surface area (Å²) in [5.74, 6) is 0.176. The van der Waals surface area contributed by atoms with E-state index < -0.39 is 6.04 Å². The van der Waals surface area contributed by atoms with Crippen molar-refractivity contribution in [3.8, 4) is 0 Å². The minimum Gasteiger partial charge on any atom is -0.467 e. The first kappa shape index (κ1) is 21.9. The molecule has 0 saturated heterocycles. The van der Waals surface area contributed by atoms with Gasteiger partial charge >= 0.3 is 0 Å². The summed E-state index contributed by atoms with van der Waals surface area (Å²) in [6.07, 6.45) is 5.71. The SMILES string of the molecule is O=C(NC1CCCC1)[C@@H](c1ccccc1)N(Cc1ccco1)C(=O)Cn1nnc2ccccc21. The molecule has 5 rings (SSSR count). The lowest BCUT2D eigenvalue weighted by molar-refractivity contribution is -0.142. The molecule has 1 aliphatic carbocycles. The van der Waals surface area contributed by atoms with Crippen LogP contribution in [0.3, 0.4) is 0 Å². The number of hydrogen-bond donors (Lipinski definition) is 1. The number of hydrogen-bond acceptors (Lipinski definition) is 5. The van der Waals surface area contributed by atoms with Gasteiger partial charge in [0.1, 0.15) is 23.9 Å². The van der Waals surface area contributed by atoms with Crippen LogP contribution in [0.5, 0.6) is 0 Å². The zero-order valence-electron chi connectivity index (χ0n) is 18.8. The van der Waals surface area contributed by atoms with Gasteiger partial charge in [-0.15, -0.1) is 5.10 Å². The van der Waals surface area contributed by atoms with Crippen molar-refractivity contribution in [1.29, 1.82) is 0 Å². The zero-order valence-corrected chi connectivity index (χ0v) is 18.8. The van der Waals surface area contributed by atoms with Crippen molar-refractivity contribution in [2.45, 2.75) is 50.9 Å². The smallest absolute Gasteiger partial charge is 0.247 e. The van der Waals surface area contributed by atoms with Crippen LogP contribution in [0.4, 0.5) is 0 Å². The highest BCUT2D eigenvalue weighted by atomic mass is 16.3. The van der Waals surface area contributed by atoms with Gasteiger partial charge in [-0.05, 0) is 42.7 Å². The molecule has 2 aromatic carbocycles. The van der Waals surface area contributed by atoms with Crippen LogP contribution < -0.4 is 5.32 Å². The molecule has 174 valence electrons. The fraction of sp³-hybridized carbons (Fsp3) is 0.308. The molecular weight excluding hydrogens is 430 g/mol. The van der Waals surface area contributed by atoms with E-state index in [1.54, 1.807) is 21.9 Å². The van der Waals surface area contributed by atoms with Crippen molar-refractivity contribution in [3.63, 3.8) is 0 Å². The van der Waals surface area contributed by atoms with Crippen LogP contribution in [0.15, 0.2) is 77.4 Å². The fourth-order valence-corrected chi connectivity index (χ4v) is 4.61. The third-order valence-corrected chi connectivity index (χ3v) is 6.31. The Morgan fingerprint density at radius 2 is 1.79 bits per heavy atom. The number of rotatable bonds is 8. The molecule has 1 saturated carbocycles. The number of carbonyl (C=O) groups excluding carboxylic acids is 2. The molecule has 1 N–H and O–H groups in total. The highest BCUT2D eigenvalue weighted by Crippen LogP contribution is 2.26. The van der Waals surface area contributed by atoms with Crippen molar-refractivity contribution in [2.24, 2.45) is 0 Å². The second kappa shape index (κ2) is 9.91. The molecule has 0 aliphatic heterocycles. The Kier molecular flexibility index (Phi) is 6.38. The van der Waals surface area contributed by atoms with Gasteiger partial charge in [0, 0.05) is 6.04 Å². The van der Waals surface area contributed by atoms with Crippen LogP contribution in [-0.2, 0) is 22.7 Å². The number of aromatic nitrogens is 3. The maximum Gasteiger partial charge on any atom is 0.247 e. The number of para-hydroxylation sites is 1. The molecule has 8 nitrogen and oxygen atoms in total. The van der Waals surface area contributed by atoms with E-state index in [4.69, 9.17) is 4.42 Å². The van der Waals surface area contributed by atoms with E-state index in [0.29, 0.717) is 11.3 Å². The molecule has 2 heterocycles. The van der Waals surface area contributed by atoms with Crippen LogP contribution in [0.1, 0.15) is 43.0 Å². The first-order chi connectivity index (χ1) is 16.7. The number of benzene rings is 2. The quantitative estimate of drug-likeness (QED) is 0.434. The highest BCUT2D eigenvalue weighted by Gasteiger charge is 2.34. The first-order valence-corrected chi connectivity index (χ1v) is 11.6. The molecule has 2 amide bonds. The minimum atomic E-state index is -0.797. The van der Waals surface area contributed by atoms with Crippen molar-refractivity contribution < 1.29 is 14.0 Å². The van der Waals surface area contributed by atoms with Crippen LogP contribution in [0.2, 0.25) is 0 Å². The number of furan rings is 1. The van der Waals surface area contributed by atoms with Crippen LogP contribution in [0.25, 0.3) is 11.0 Å². The predicted molar refractivity (Wildman–Crippen MR) is 126 cm³/mol. The molecule has 34 heavy (non-hydrogen) atoms. The standard InChI is InChI=1S/C26H27N5O3/c32-24(18-31-23-15-7-6-14-22(23)28-29-31)30(17-21-13-8-16-34-21)25(19-9-2-1-3-10-19)26(33)27-20-11-4-5-12-20/h1-3,6-10,13-16,20,25H,4-5,11-12,17-18H2,(H,27,33)/t25-/m1/s1. The summed E-state index contributed by atoms with van der Waals surface area (Å²) in [6, 6.07) is 19.8. The van der Waals surface area contributed by atoms with Gasteiger partial charge < -0.3 is 14.6 Å². The number of nitrogens with zero attached hydrogens (tertiary/aromatic N) is 4. The summed E-state index contributed by atoms with van der Waals surface area (Å²) in [5, 5.41) is 11.5. The molecular formula is C26H27N5O3. The van der Waals surface area contributed by atoms with Crippen molar-refractivity contribution in [1.82, 2.24) is 25.2 Å². The number of amides is 2. The Morgan fingerprint density at radius 3 is 2.56 bits per heavy atom. The zero-order chi connectivity index (χ0) is 23.3. The number of carbonyl (C=O) groups is 2. The average molecular weight is 458 g/mol. The fourth-order valence-electron chi connectivity index (χ4n) is 4.61. The van der Waals surface area contributed by atoms with Gasteiger partial charge in [0.2, 0.25) is 11.8 Å². The predicted octanol–water partition coefficient (Wildman–Crippen LogP) is 3.85. The number of nitrogens with one attached hydrogen (secondary N) is 1. The Labute approximate surface area is 197 Å². The molecule has 1 aliphatic rings. The van der Waals surface area contributed by atoms with Crippen LogP contribution in [0, 0.1) is 0 Å². The summed E-state index contributed by atoms with van der Waals surface area (Å²) >= 11 is 0. The summed E-state index contributed by atoms with van der Waals surface area (Å²) in [4.78, 5) is 28.9. The van der Waals surface area contributed by atoms with Crippen LogP contribution in [-0.4, -0.2) is 37.7 Å². The lowest BCUT2D eigenvalue weighted by Gasteiger charge is -2.31. The van der Waals surface area contributed by atoms with Gasteiger partial charge in [-0.1, -0.05) is 60.5 Å². The van der Waals surface area contributed by atoms with E-state index in [1.165, 1.54) is 0 Å². The number of fused-ring (bicyclic) bond motifs is 1. The largest absolute Gasteiger partial charge is 0.467 e. The van der Waals surface area contributed by atoms with E-state index in [9.17, 15) is 9.59 Å².